The van der Waals surface area contributed by atoms with Crippen molar-refractivity contribution < 1.29 is 9.18 Å². The Balaban J connectivity index is 1.67. The molecule has 2 aromatic heterocycles. The van der Waals surface area contributed by atoms with Crippen molar-refractivity contribution in [3.63, 3.8) is 0 Å². The van der Waals surface area contributed by atoms with Crippen LogP contribution in [0.1, 0.15) is 11.3 Å². The average Bonchev–Trinajstić information content (AvgIpc) is 3.06. The van der Waals surface area contributed by atoms with Crippen LogP contribution in [-0.4, -0.2) is 25.5 Å². The van der Waals surface area contributed by atoms with E-state index in [-0.39, 0.29) is 24.1 Å². The zero-order valence-corrected chi connectivity index (χ0v) is 13.7. The van der Waals surface area contributed by atoms with Gasteiger partial charge in [-0.1, -0.05) is 23.7 Å². The summed E-state index contributed by atoms with van der Waals surface area (Å²) in [4.78, 5) is 12.1. The van der Waals surface area contributed by atoms with Crippen LogP contribution < -0.4 is 5.32 Å². The zero-order chi connectivity index (χ0) is 17.1. The second-order valence-electron chi connectivity index (χ2n) is 5.33. The molecule has 2 heterocycles. The Labute approximate surface area is 142 Å². The van der Waals surface area contributed by atoms with E-state index < -0.39 is 0 Å². The molecule has 0 spiro atoms. The first-order valence-corrected chi connectivity index (χ1v) is 7.65. The number of nitrogens with zero attached hydrogens (tertiary/aromatic N) is 4. The summed E-state index contributed by atoms with van der Waals surface area (Å²) in [6.07, 6.45) is 3.21. The summed E-state index contributed by atoms with van der Waals surface area (Å²) in [7, 11) is 0. The highest BCUT2D eigenvalue weighted by atomic mass is 35.5. The number of amides is 1. The minimum Gasteiger partial charge on any atom is -0.306 e. The number of rotatable bonds is 5. The summed E-state index contributed by atoms with van der Waals surface area (Å²) in [6.45, 7) is 2.29. The summed E-state index contributed by atoms with van der Waals surface area (Å²) in [5.74, 6) is -0.323. The molecule has 0 fully saturated rings. The van der Waals surface area contributed by atoms with Gasteiger partial charge in [-0.3, -0.25) is 14.2 Å². The third-order valence-corrected chi connectivity index (χ3v) is 3.71. The van der Waals surface area contributed by atoms with Gasteiger partial charge in [0, 0.05) is 18.1 Å². The number of benzene rings is 1. The van der Waals surface area contributed by atoms with Crippen LogP contribution in [0.4, 0.5) is 10.2 Å². The van der Waals surface area contributed by atoms with E-state index in [0.717, 1.165) is 11.3 Å². The van der Waals surface area contributed by atoms with Crippen molar-refractivity contribution in [3.05, 3.63) is 64.8 Å². The van der Waals surface area contributed by atoms with Crippen molar-refractivity contribution in [3.8, 4) is 0 Å². The predicted molar refractivity (Wildman–Crippen MR) is 88.3 cm³/mol. The van der Waals surface area contributed by atoms with Crippen LogP contribution in [-0.2, 0) is 17.9 Å². The number of hydrogen-bond acceptors (Lipinski definition) is 3. The molecule has 24 heavy (non-hydrogen) atoms. The molecule has 124 valence electrons. The van der Waals surface area contributed by atoms with Crippen LogP contribution in [0.3, 0.4) is 0 Å². The lowest BCUT2D eigenvalue weighted by Gasteiger charge is -2.05. The van der Waals surface area contributed by atoms with Gasteiger partial charge in [0.1, 0.15) is 17.4 Å². The van der Waals surface area contributed by atoms with Gasteiger partial charge in [0.15, 0.2) is 5.82 Å². The first kappa shape index (κ1) is 16.2. The summed E-state index contributed by atoms with van der Waals surface area (Å²) in [6, 6.07) is 8.03. The second-order valence-corrected chi connectivity index (χ2v) is 5.74. The minimum atomic E-state index is -0.311. The van der Waals surface area contributed by atoms with Gasteiger partial charge in [-0.2, -0.15) is 10.2 Å². The summed E-state index contributed by atoms with van der Waals surface area (Å²) in [5.41, 5.74) is 1.63. The number of aryl methyl sites for hydroxylation is 1. The summed E-state index contributed by atoms with van der Waals surface area (Å²) in [5, 5.41) is 11.3. The zero-order valence-electron chi connectivity index (χ0n) is 12.9. The molecule has 0 radical (unpaired) electrons. The maximum atomic E-state index is 13.2. The molecule has 3 rings (SSSR count). The standard InChI is InChI=1S/C16H15ClFN5O/c1-11-5-6-19-23(11)10-15(24)20-16-14(17)9-22(21-16)8-12-3-2-4-13(18)7-12/h2-7,9H,8,10H2,1H3,(H,20,21,24). The van der Waals surface area contributed by atoms with E-state index in [1.165, 1.54) is 12.1 Å². The van der Waals surface area contributed by atoms with E-state index in [4.69, 9.17) is 11.6 Å². The monoisotopic (exact) mass is 347 g/mol. The molecule has 0 saturated heterocycles. The third-order valence-electron chi connectivity index (χ3n) is 3.43. The highest BCUT2D eigenvalue weighted by molar-refractivity contribution is 6.33. The lowest BCUT2D eigenvalue weighted by molar-refractivity contribution is -0.117. The van der Waals surface area contributed by atoms with Crippen LogP contribution in [0.15, 0.2) is 42.7 Å². The normalized spacial score (nSPS) is 10.8. The molecule has 0 atom stereocenters. The van der Waals surface area contributed by atoms with Crippen LogP contribution in [0, 0.1) is 12.7 Å². The summed E-state index contributed by atoms with van der Waals surface area (Å²) >= 11 is 6.11. The van der Waals surface area contributed by atoms with Gasteiger partial charge in [-0.05, 0) is 30.7 Å². The van der Waals surface area contributed by atoms with Crippen LogP contribution in [0.2, 0.25) is 5.02 Å². The number of carbonyl (C=O) groups excluding carboxylic acids is 1. The van der Waals surface area contributed by atoms with E-state index in [1.54, 1.807) is 33.9 Å². The van der Waals surface area contributed by atoms with E-state index in [0.29, 0.717) is 11.6 Å². The second kappa shape index (κ2) is 6.84. The first-order chi connectivity index (χ1) is 11.5. The highest BCUT2D eigenvalue weighted by Gasteiger charge is 2.12. The minimum absolute atomic E-state index is 0.0753. The third kappa shape index (κ3) is 3.80. The van der Waals surface area contributed by atoms with Crippen molar-refractivity contribution >= 4 is 23.3 Å². The quantitative estimate of drug-likeness (QED) is 0.771. The van der Waals surface area contributed by atoms with E-state index in [2.05, 4.69) is 15.5 Å². The molecule has 1 N–H and O–H groups in total. The van der Waals surface area contributed by atoms with E-state index in [9.17, 15) is 9.18 Å². The molecular weight excluding hydrogens is 333 g/mol. The lowest BCUT2D eigenvalue weighted by atomic mass is 10.2. The van der Waals surface area contributed by atoms with Crippen molar-refractivity contribution in [1.29, 1.82) is 0 Å². The van der Waals surface area contributed by atoms with E-state index >= 15 is 0 Å². The van der Waals surface area contributed by atoms with Crippen LogP contribution >= 0.6 is 11.6 Å². The molecule has 0 aliphatic carbocycles. The SMILES string of the molecule is Cc1ccnn1CC(=O)Nc1nn(Cc2cccc(F)c2)cc1Cl. The lowest BCUT2D eigenvalue weighted by Crippen LogP contribution is -2.20. The Hall–Kier alpha value is -2.67. The Morgan fingerprint density at radius 2 is 2.21 bits per heavy atom. The molecule has 3 aromatic rings. The van der Waals surface area contributed by atoms with Crippen LogP contribution in [0.5, 0.6) is 0 Å². The molecule has 0 aliphatic heterocycles. The fourth-order valence-electron chi connectivity index (χ4n) is 2.26. The number of anilines is 1. The molecule has 8 heteroatoms. The summed E-state index contributed by atoms with van der Waals surface area (Å²) < 4.78 is 16.3. The molecule has 1 aromatic carbocycles. The number of aromatic nitrogens is 4. The average molecular weight is 348 g/mol. The molecule has 0 aliphatic rings. The Morgan fingerprint density at radius 1 is 1.38 bits per heavy atom. The molecule has 0 saturated carbocycles. The van der Waals surface area contributed by atoms with Gasteiger partial charge in [0.05, 0.1) is 6.54 Å². The smallest absolute Gasteiger partial charge is 0.247 e. The largest absolute Gasteiger partial charge is 0.306 e. The molecule has 0 unspecified atom stereocenters. The van der Waals surface area contributed by atoms with Crippen molar-refractivity contribution in [2.75, 3.05) is 5.32 Å². The van der Waals surface area contributed by atoms with E-state index in [1.807, 2.05) is 13.0 Å². The van der Waals surface area contributed by atoms with Crippen LogP contribution in [0.25, 0.3) is 0 Å². The fourth-order valence-corrected chi connectivity index (χ4v) is 2.45. The maximum absolute atomic E-state index is 13.2. The number of carbonyl (C=O) groups is 1. The van der Waals surface area contributed by atoms with Gasteiger partial charge in [-0.25, -0.2) is 4.39 Å². The topological polar surface area (TPSA) is 64.7 Å². The number of nitrogens with one attached hydrogen (secondary N) is 1. The van der Waals surface area contributed by atoms with Gasteiger partial charge in [0.25, 0.3) is 0 Å². The van der Waals surface area contributed by atoms with Crippen molar-refractivity contribution in [2.24, 2.45) is 0 Å². The van der Waals surface area contributed by atoms with Gasteiger partial charge in [-0.15, -0.1) is 0 Å². The Bertz CT molecular complexity index is 873. The van der Waals surface area contributed by atoms with Crippen molar-refractivity contribution in [1.82, 2.24) is 19.6 Å². The number of halogens is 2. The highest BCUT2D eigenvalue weighted by Crippen LogP contribution is 2.20. The predicted octanol–water partition coefficient (Wildman–Crippen LogP) is 2.87. The fraction of sp³-hybridized carbons (Fsp3) is 0.188. The maximum Gasteiger partial charge on any atom is 0.247 e. The van der Waals surface area contributed by atoms with Crippen molar-refractivity contribution in [2.45, 2.75) is 20.0 Å². The molecule has 1 amide bonds. The molecule has 6 nitrogen and oxygen atoms in total. The van der Waals surface area contributed by atoms with Gasteiger partial charge in [0.2, 0.25) is 5.91 Å². The van der Waals surface area contributed by atoms with Gasteiger partial charge >= 0.3 is 0 Å². The van der Waals surface area contributed by atoms with Gasteiger partial charge < -0.3 is 5.32 Å². The first-order valence-electron chi connectivity index (χ1n) is 7.27. The molecule has 0 bridgehead atoms. The number of hydrogen-bond donors (Lipinski definition) is 1. The Kier molecular flexibility index (Phi) is 4.61. The Morgan fingerprint density at radius 3 is 2.92 bits per heavy atom. The molecular formula is C16H15ClFN5O.